The van der Waals surface area contributed by atoms with Crippen LogP contribution in [-0.4, -0.2) is 73.1 Å². The molecule has 0 radical (unpaired) electrons. The Morgan fingerprint density at radius 3 is 2.00 bits per heavy atom. The van der Waals surface area contributed by atoms with Gasteiger partial charge in [0.05, 0.1) is 13.5 Å². The van der Waals surface area contributed by atoms with Crippen molar-refractivity contribution < 1.29 is 23.9 Å². The van der Waals surface area contributed by atoms with Crippen molar-refractivity contribution in [3.63, 3.8) is 0 Å². The van der Waals surface area contributed by atoms with Crippen LogP contribution < -0.4 is 10.1 Å². The summed E-state index contributed by atoms with van der Waals surface area (Å²) in [4.78, 5) is 39.7. The first-order chi connectivity index (χ1) is 13.2. The standard InChI is InChI=1S/C20H29N3O5/c1-20(2,3)28-19(26)21-14-18(25)23-11-9-22(10-12-23)17(24)13-15-5-7-16(27-4)8-6-15/h5-8H,9-14H2,1-4H3,(H,21,26). The summed E-state index contributed by atoms with van der Waals surface area (Å²) in [5, 5.41) is 2.47. The molecule has 2 rings (SSSR count). The van der Waals surface area contributed by atoms with E-state index < -0.39 is 11.7 Å². The Bertz CT molecular complexity index is 689. The number of methoxy groups -OCH3 is 1. The number of rotatable bonds is 5. The van der Waals surface area contributed by atoms with Gasteiger partial charge in [-0.25, -0.2) is 4.79 Å². The van der Waals surface area contributed by atoms with Crippen LogP contribution in [0, 0.1) is 0 Å². The predicted molar refractivity (Wildman–Crippen MR) is 104 cm³/mol. The molecule has 8 nitrogen and oxygen atoms in total. The van der Waals surface area contributed by atoms with E-state index in [0.29, 0.717) is 32.6 Å². The number of nitrogens with one attached hydrogen (secondary N) is 1. The van der Waals surface area contributed by atoms with E-state index in [1.165, 1.54) is 0 Å². The van der Waals surface area contributed by atoms with Crippen LogP contribution in [0.5, 0.6) is 5.75 Å². The zero-order chi connectivity index (χ0) is 20.7. The number of hydrogen-bond acceptors (Lipinski definition) is 5. The average Bonchev–Trinajstić information content (AvgIpc) is 2.65. The van der Waals surface area contributed by atoms with Crippen molar-refractivity contribution in [2.24, 2.45) is 0 Å². The Hall–Kier alpha value is -2.77. The molecule has 3 amide bonds. The summed E-state index contributed by atoms with van der Waals surface area (Å²) < 4.78 is 10.2. The van der Waals surface area contributed by atoms with E-state index in [2.05, 4.69) is 5.32 Å². The first kappa shape index (κ1) is 21.5. The first-order valence-electron chi connectivity index (χ1n) is 9.33. The minimum Gasteiger partial charge on any atom is -0.497 e. The van der Waals surface area contributed by atoms with Gasteiger partial charge in [-0.3, -0.25) is 9.59 Å². The van der Waals surface area contributed by atoms with Gasteiger partial charge in [0.2, 0.25) is 11.8 Å². The molecule has 1 aromatic carbocycles. The second-order valence-electron chi connectivity index (χ2n) is 7.64. The van der Waals surface area contributed by atoms with Crippen molar-refractivity contribution in [3.8, 4) is 5.75 Å². The zero-order valence-electron chi connectivity index (χ0n) is 17.0. The molecule has 8 heteroatoms. The van der Waals surface area contributed by atoms with Crippen molar-refractivity contribution in [1.29, 1.82) is 0 Å². The molecule has 1 aliphatic heterocycles. The minimum atomic E-state index is -0.617. The predicted octanol–water partition coefficient (Wildman–Crippen LogP) is 1.43. The molecular weight excluding hydrogens is 362 g/mol. The van der Waals surface area contributed by atoms with E-state index in [9.17, 15) is 14.4 Å². The highest BCUT2D eigenvalue weighted by Crippen LogP contribution is 2.13. The third-order valence-electron chi connectivity index (χ3n) is 4.28. The lowest BCUT2D eigenvalue weighted by atomic mass is 10.1. The summed E-state index contributed by atoms with van der Waals surface area (Å²) in [6.07, 6.45) is -0.299. The normalized spacial score (nSPS) is 14.4. The average molecular weight is 391 g/mol. The molecule has 0 unspecified atom stereocenters. The molecule has 1 aromatic rings. The second kappa shape index (κ2) is 9.43. The van der Waals surface area contributed by atoms with E-state index >= 15 is 0 Å². The van der Waals surface area contributed by atoms with Gasteiger partial charge in [0, 0.05) is 26.2 Å². The number of ether oxygens (including phenoxy) is 2. The smallest absolute Gasteiger partial charge is 0.408 e. The maximum absolute atomic E-state index is 12.5. The summed E-state index contributed by atoms with van der Waals surface area (Å²) >= 11 is 0. The van der Waals surface area contributed by atoms with Crippen LogP contribution in [-0.2, 0) is 20.7 Å². The van der Waals surface area contributed by atoms with Gasteiger partial charge in [-0.1, -0.05) is 12.1 Å². The fraction of sp³-hybridized carbons (Fsp3) is 0.550. The largest absolute Gasteiger partial charge is 0.497 e. The molecule has 0 bridgehead atoms. The summed E-state index contributed by atoms with van der Waals surface area (Å²) in [6.45, 7) is 7.02. The van der Waals surface area contributed by atoms with E-state index in [4.69, 9.17) is 9.47 Å². The van der Waals surface area contributed by atoms with Crippen LogP contribution in [0.2, 0.25) is 0 Å². The zero-order valence-corrected chi connectivity index (χ0v) is 17.0. The number of carbonyl (C=O) groups is 3. The van der Waals surface area contributed by atoms with Gasteiger partial charge in [0.25, 0.3) is 0 Å². The Labute approximate surface area is 165 Å². The lowest BCUT2D eigenvalue weighted by Crippen LogP contribution is -2.53. The van der Waals surface area contributed by atoms with Crippen LogP contribution in [0.25, 0.3) is 0 Å². The Morgan fingerprint density at radius 2 is 1.50 bits per heavy atom. The minimum absolute atomic E-state index is 0.0316. The molecule has 0 atom stereocenters. The van der Waals surface area contributed by atoms with E-state index in [0.717, 1.165) is 11.3 Å². The molecule has 154 valence electrons. The van der Waals surface area contributed by atoms with Gasteiger partial charge in [0.15, 0.2) is 0 Å². The van der Waals surface area contributed by atoms with Gasteiger partial charge in [0.1, 0.15) is 17.9 Å². The lowest BCUT2D eigenvalue weighted by Gasteiger charge is -2.35. The number of piperazine rings is 1. The molecule has 1 aliphatic rings. The van der Waals surface area contributed by atoms with Crippen LogP contribution >= 0.6 is 0 Å². The molecule has 28 heavy (non-hydrogen) atoms. The van der Waals surface area contributed by atoms with E-state index in [1.807, 2.05) is 24.3 Å². The molecule has 1 heterocycles. The maximum atomic E-state index is 12.5. The lowest BCUT2D eigenvalue weighted by molar-refractivity contribution is -0.138. The number of carbonyl (C=O) groups excluding carboxylic acids is 3. The van der Waals surface area contributed by atoms with Crippen molar-refractivity contribution in [2.45, 2.75) is 32.8 Å². The van der Waals surface area contributed by atoms with Gasteiger partial charge < -0.3 is 24.6 Å². The first-order valence-corrected chi connectivity index (χ1v) is 9.33. The van der Waals surface area contributed by atoms with Crippen LogP contribution in [0.4, 0.5) is 4.79 Å². The van der Waals surface area contributed by atoms with Crippen molar-refractivity contribution in [1.82, 2.24) is 15.1 Å². The van der Waals surface area contributed by atoms with Gasteiger partial charge in [-0.2, -0.15) is 0 Å². The molecular formula is C20H29N3O5. The van der Waals surface area contributed by atoms with Crippen molar-refractivity contribution in [3.05, 3.63) is 29.8 Å². The monoisotopic (exact) mass is 391 g/mol. The van der Waals surface area contributed by atoms with Crippen LogP contribution in [0.3, 0.4) is 0 Å². The third kappa shape index (κ3) is 6.75. The van der Waals surface area contributed by atoms with Crippen LogP contribution in [0.15, 0.2) is 24.3 Å². The summed E-state index contributed by atoms with van der Waals surface area (Å²) in [7, 11) is 1.60. The molecule has 0 spiro atoms. The Morgan fingerprint density at radius 1 is 0.964 bits per heavy atom. The number of alkyl carbamates (subject to hydrolysis) is 1. The van der Waals surface area contributed by atoms with Crippen LogP contribution in [0.1, 0.15) is 26.3 Å². The molecule has 0 aromatic heterocycles. The summed E-state index contributed by atoms with van der Waals surface area (Å²) in [5.74, 6) is 0.598. The van der Waals surface area contributed by atoms with Gasteiger partial charge in [-0.15, -0.1) is 0 Å². The molecule has 0 saturated carbocycles. The molecule has 1 N–H and O–H groups in total. The van der Waals surface area contributed by atoms with Gasteiger partial charge in [-0.05, 0) is 38.5 Å². The maximum Gasteiger partial charge on any atom is 0.408 e. The number of benzene rings is 1. The fourth-order valence-electron chi connectivity index (χ4n) is 2.81. The highest BCUT2D eigenvalue weighted by molar-refractivity contribution is 5.83. The van der Waals surface area contributed by atoms with Gasteiger partial charge >= 0.3 is 6.09 Å². The van der Waals surface area contributed by atoms with Crippen molar-refractivity contribution in [2.75, 3.05) is 39.8 Å². The fourth-order valence-corrected chi connectivity index (χ4v) is 2.81. The highest BCUT2D eigenvalue weighted by atomic mass is 16.6. The number of nitrogens with zero attached hydrogens (tertiary/aromatic N) is 2. The van der Waals surface area contributed by atoms with E-state index in [-0.39, 0.29) is 18.4 Å². The number of hydrogen-bond donors (Lipinski definition) is 1. The molecule has 1 fully saturated rings. The SMILES string of the molecule is COc1ccc(CC(=O)N2CCN(C(=O)CNC(=O)OC(C)(C)C)CC2)cc1. The van der Waals surface area contributed by atoms with E-state index in [1.54, 1.807) is 37.7 Å². The third-order valence-corrected chi connectivity index (χ3v) is 4.28. The molecule has 1 saturated heterocycles. The Balaban J connectivity index is 1.74. The topological polar surface area (TPSA) is 88.2 Å². The Kier molecular flexibility index (Phi) is 7.25. The number of amides is 3. The van der Waals surface area contributed by atoms with Crippen molar-refractivity contribution >= 4 is 17.9 Å². The second-order valence-corrected chi connectivity index (χ2v) is 7.64. The summed E-state index contributed by atoms with van der Waals surface area (Å²) in [6, 6.07) is 7.41. The molecule has 0 aliphatic carbocycles. The highest BCUT2D eigenvalue weighted by Gasteiger charge is 2.25. The summed E-state index contributed by atoms with van der Waals surface area (Å²) in [5.41, 5.74) is 0.314. The quantitative estimate of drug-likeness (QED) is 0.820.